The molecule has 0 aliphatic rings. The van der Waals surface area contributed by atoms with Gasteiger partial charge in [-0.2, -0.15) is 0 Å². The van der Waals surface area contributed by atoms with Crippen LogP contribution in [0.15, 0.2) is 24.3 Å². The van der Waals surface area contributed by atoms with E-state index >= 15 is 0 Å². The van der Waals surface area contributed by atoms with E-state index in [9.17, 15) is 0 Å². The molecule has 0 saturated carbocycles. The van der Waals surface area contributed by atoms with Crippen LogP contribution >= 0.6 is 0 Å². The Kier molecular flexibility index (Phi) is 1.68. The zero-order valence-electron chi connectivity index (χ0n) is 9.23. The van der Waals surface area contributed by atoms with Gasteiger partial charge >= 0.3 is 0 Å². The minimum Gasteiger partial charge on any atom is -0.382 e. The second-order valence-electron chi connectivity index (χ2n) is 3.93. The summed E-state index contributed by atoms with van der Waals surface area (Å²) >= 11 is 0. The van der Waals surface area contributed by atoms with Gasteiger partial charge in [-0.25, -0.2) is 9.97 Å². The van der Waals surface area contributed by atoms with Crippen LogP contribution in [0.2, 0.25) is 0 Å². The summed E-state index contributed by atoms with van der Waals surface area (Å²) in [5.74, 6) is 1.44. The summed E-state index contributed by atoms with van der Waals surface area (Å²) in [7, 11) is 2.00. The maximum Gasteiger partial charge on any atom is 0.152 e. The van der Waals surface area contributed by atoms with Crippen molar-refractivity contribution in [2.45, 2.75) is 6.92 Å². The molecule has 2 N–H and O–H groups in total. The fourth-order valence-electron chi connectivity index (χ4n) is 2.05. The number of nitrogens with two attached hydrogens (primary N) is 1. The smallest absolute Gasteiger partial charge is 0.152 e. The highest BCUT2D eigenvalue weighted by Crippen LogP contribution is 2.27. The minimum atomic E-state index is 0.498. The Morgan fingerprint density at radius 2 is 1.94 bits per heavy atom. The second kappa shape index (κ2) is 2.95. The summed E-state index contributed by atoms with van der Waals surface area (Å²) in [4.78, 5) is 8.80. The number of nitrogens with zero attached hydrogens (tertiary/aromatic N) is 3. The Labute approximate surface area is 92.7 Å². The van der Waals surface area contributed by atoms with Crippen LogP contribution in [0.25, 0.3) is 21.9 Å². The van der Waals surface area contributed by atoms with Crippen molar-refractivity contribution in [3.8, 4) is 0 Å². The van der Waals surface area contributed by atoms with Crippen molar-refractivity contribution in [2.24, 2.45) is 7.05 Å². The monoisotopic (exact) mass is 212 g/mol. The Morgan fingerprint density at radius 1 is 1.19 bits per heavy atom. The molecule has 0 radical (unpaired) electrons. The molecule has 80 valence electrons. The molecule has 0 unspecified atom stereocenters. The van der Waals surface area contributed by atoms with Crippen LogP contribution in [0.3, 0.4) is 0 Å². The molecule has 2 heterocycles. The number of nitrogen functional groups attached to an aromatic ring is 1. The molecule has 2 aromatic heterocycles. The Morgan fingerprint density at radius 3 is 2.75 bits per heavy atom. The number of benzene rings is 1. The molecular formula is C12H12N4. The molecule has 0 fully saturated rings. The van der Waals surface area contributed by atoms with Crippen molar-refractivity contribution in [2.75, 3.05) is 5.73 Å². The highest BCUT2D eigenvalue weighted by Gasteiger charge is 2.12. The summed E-state index contributed by atoms with van der Waals surface area (Å²) in [6, 6.07) is 7.98. The van der Waals surface area contributed by atoms with E-state index in [4.69, 9.17) is 5.73 Å². The van der Waals surface area contributed by atoms with Crippen molar-refractivity contribution >= 4 is 27.8 Å². The summed E-state index contributed by atoms with van der Waals surface area (Å²) in [6.07, 6.45) is 0. The normalized spacial score (nSPS) is 11.4. The van der Waals surface area contributed by atoms with E-state index in [1.165, 1.54) is 0 Å². The number of fused-ring (bicyclic) bond motifs is 3. The lowest BCUT2D eigenvalue weighted by Gasteiger charge is -2.03. The Balaban J connectivity index is 2.67. The maximum absolute atomic E-state index is 5.92. The van der Waals surface area contributed by atoms with Crippen LogP contribution in [0.4, 0.5) is 5.82 Å². The van der Waals surface area contributed by atoms with E-state index in [1.54, 1.807) is 0 Å². The van der Waals surface area contributed by atoms with Gasteiger partial charge < -0.3 is 10.3 Å². The molecular weight excluding hydrogens is 200 g/mol. The minimum absolute atomic E-state index is 0.498. The molecule has 0 aliphatic carbocycles. The molecule has 0 aliphatic heterocycles. The third-order valence-corrected chi connectivity index (χ3v) is 2.96. The largest absolute Gasteiger partial charge is 0.382 e. The van der Waals surface area contributed by atoms with E-state index in [0.29, 0.717) is 5.82 Å². The molecule has 3 aromatic rings. The summed E-state index contributed by atoms with van der Waals surface area (Å²) in [5, 5.41) is 1.09. The van der Waals surface area contributed by atoms with Crippen molar-refractivity contribution in [3.63, 3.8) is 0 Å². The van der Waals surface area contributed by atoms with Crippen LogP contribution in [-0.4, -0.2) is 14.5 Å². The third kappa shape index (κ3) is 1.04. The van der Waals surface area contributed by atoms with Crippen LogP contribution in [0, 0.1) is 6.92 Å². The standard InChI is InChI=1S/C12H12N4/c1-7-14-10-11(16(7)2)8-5-3-4-6-9(8)15-12(10)13/h3-6H,1-2H3,(H2,13,15). The van der Waals surface area contributed by atoms with Gasteiger partial charge in [-0.3, -0.25) is 0 Å². The van der Waals surface area contributed by atoms with Crippen LogP contribution in [0.1, 0.15) is 5.82 Å². The van der Waals surface area contributed by atoms with Gasteiger partial charge in [0.1, 0.15) is 11.3 Å². The van der Waals surface area contributed by atoms with Crippen LogP contribution < -0.4 is 5.73 Å². The summed E-state index contributed by atoms with van der Waals surface area (Å²) < 4.78 is 2.05. The van der Waals surface area contributed by atoms with E-state index in [-0.39, 0.29) is 0 Å². The number of aromatic nitrogens is 3. The third-order valence-electron chi connectivity index (χ3n) is 2.96. The van der Waals surface area contributed by atoms with Crippen LogP contribution in [0.5, 0.6) is 0 Å². The van der Waals surface area contributed by atoms with Gasteiger partial charge in [0, 0.05) is 12.4 Å². The highest BCUT2D eigenvalue weighted by molar-refractivity contribution is 6.06. The predicted octanol–water partition coefficient (Wildman–Crippen LogP) is 2.01. The zero-order valence-corrected chi connectivity index (χ0v) is 9.23. The molecule has 0 saturated heterocycles. The first-order valence-electron chi connectivity index (χ1n) is 5.15. The zero-order chi connectivity index (χ0) is 11.3. The fraction of sp³-hybridized carbons (Fsp3) is 0.167. The van der Waals surface area contributed by atoms with Crippen molar-refractivity contribution in [3.05, 3.63) is 30.1 Å². The molecule has 16 heavy (non-hydrogen) atoms. The number of hydrogen-bond acceptors (Lipinski definition) is 3. The summed E-state index contributed by atoms with van der Waals surface area (Å²) in [6.45, 7) is 1.97. The molecule has 0 spiro atoms. The lowest BCUT2D eigenvalue weighted by Crippen LogP contribution is -1.95. The van der Waals surface area contributed by atoms with E-state index in [1.807, 2.05) is 38.2 Å². The highest BCUT2D eigenvalue weighted by atomic mass is 15.1. The maximum atomic E-state index is 5.92. The lowest BCUT2D eigenvalue weighted by atomic mass is 10.2. The first-order chi connectivity index (χ1) is 7.68. The first kappa shape index (κ1) is 9.15. The van der Waals surface area contributed by atoms with E-state index < -0.39 is 0 Å². The number of pyridine rings is 1. The lowest BCUT2D eigenvalue weighted by molar-refractivity contribution is 0.888. The topological polar surface area (TPSA) is 56.7 Å². The predicted molar refractivity (Wildman–Crippen MR) is 65.2 cm³/mol. The molecule has 0 atom stereocenters. The van der Waals surface area contributed by atoms with E-state index in [0.717, 1.165) is 27.8 Å². The van der Waals surface area contributed by atoms with Crippen LogP contribution in [-0.2, 0) is 7.05 Å². The van der Waals surface area contributed by atoms with Gasteiger partial charge in [-0.05, 0) is 13.0 Å². The number of para-hydroxylation sites is 1. The Hall–Kier alpha value is -2.10. The number of aryl methyl sites for hydroxylation is 2. The van der Waals surface area contributed by atoms with Gasteiger partial charge in [-0.1, -0.05) is 18.2 Å². The van der Waals surface area contributed by atoms with E-state index in [2.05, 4.69) is 14.5 Å². The van der Waals surface area contributed by atoms with Gasteiger partial charge in [0.15, 0.2) is 5.82 Å². The SMILES string of the molecule is Cc1nc2c(N)nc3ccccc3c2n1C. The van der Waals surface area contributed by atoms with Crippen molar-refractivity contribution in [1.82, 2.24) is 14.5 Å². The number of hydrogen-bond donors (Lipinski definition) is 1. The summed E-state index contributed by atoms with van der Waals surface area (Å²) in [5.41, 5.74) is 8.68. The van der Waals surface area contributed by atoms with Gasteiger partial charge in [0.05, 0.1) is 11.0 Å². The molecule has 0 bridgehead atoms. The van der Waals surface area contributed by atoms with Crippen molar-refractivity contribution < 1.29 is 0 Å². The van der Waals surface area contributed by atoms with Crippen molar-refractivity contribution in [1.29, 1.82) is 0 Å². The number of anilines is 1. The number of rotatable bonds is 0. The fourth-order valence-corrected chi connectivity index (χ4v) is 2.05. The quantitative estimate of drug-likeness (QED) is 0.620. The molecule has 4 heteroatoms. The average Bonchev–Trinajstić information content (AvgIpc) is 2.57. The Bertz CT molecular complexity index is 697. The molecule has 4 nitrogen and oxygen atoms in total. The second-order valence-corrected chi connectivity index (χ2v) is 3.93. The van der Waals surface area contributed by atoms with Gasteiger partial charge in [0.2, 0.25) is 0 Å². The molecule has 3 rings (SSSR count). The molecule has 0 amide bonds. The average molecular weight is 212 g/mol. The van der Waals surface area contributed by atoms with Gasteiger partial charge in [0.25, 0.3) is 0 Å². The molecule has 1 aromatic carbocycles. The van der Waals surface area contributed by atoms with Gasteiger partial charge in [-0.15, -0.1) is 0 Å². The first-order valence-corrected chi connectivity index (χ1v) is 5.15. The number of imidazole rings is 1.